The van der Waals surface area contributed by atoms with Crippen LogP contribution in [-0.4, -0.2) is 35.1 Å². The Kier molecular flexibility index (Phi) is 4.65. The Morgan fingerprint density at radius 1 is 1.30 bits per heavy atom. The van der Waals surface area contributed by atoms with Crippen LogP contribution >= 0.6 is 11.3 Å². The van der Waals surface area contributed by atoms with Gasteiger partial charge in [0.25, 0.3) is 11.8 Å². The Morgan fingerprint density at radius 3 is 2.89 bits per heavy atom. The third-order valence-corrected chi connectivity index (χ3v) is 5.40. The van der Waals surface area contributed by atoms with Crippen LogP contribution in [0.4, 0.5) is 14.5 Å². The van der Waals surface area contributed by atoms with E-state index in [1.807, 2.05) is 23.6 Å². The number of hydrogen-bond acceptors (Lipinski definition) is 4. The summed E-state index contributed by atoms with van der Waals surface area (Å²) in [6.45, 7) is 0.158. The third kappa shape index (κ3) is 3.85. The Morgan fingerprint density at radius 2 is 2.15 bits per heavy atom. The summed E-state index contributed by atoms with van der Waals surface area (Å²) in [6, 6.07) is 12.7. The largest absolute Gasteiger partial charge is 0.365 e. The number of rotatable bonds is 5. The zero-order chi connectivity index (χ0) is 18.9. The van der Waals surface area contributed by atoms with Crippen LogP contribution in [0.15, 0.2) is 47.8 Å². The second-order valence-electron chi connectivity index (χ2n) is 6.48. The van der Waals surface area contributed by atoms with Gasteiger partial charge < -0.3 is 10.2 Å². The molecule has 2 N–H and O–H groups in total. The Labute approximate surface area is 159 Å². The monoisotopic (exact) mass is 388 g/mol. The molecule has 0 unspecified atom stereocenters. The summed E-state index contributed by atoms with van der Waals surface area (Å²) in [5.74, 6) is -3.01. The maximum atomic E-state index is 13.5. The average molecular weight is 388 g/mol. The number of hydrogen-bond donors (Lipinski definition) is 2. The summed E-state index contributed by atoms with van der Waals surface area (Å²) >= 11 is 1.59. The summed E-state index contributed by atoms with van der Waals surface area (Å²) in [7, 11) is 0. The molecule has 140 valence electrons. The third-order valence-electron chi connectivity index (χ3n) is 4.50. The molecule has 3 heterocycles. The number of amides is 1. The number of para-hydroxylation sites is 1. The molecule has 5 nitrogen and oxygen atoms in total. The van der Waals surface area contributed by atoms with Crippen molar-refractivity contribution in [2.75, 3.05) is 18.0 Å². The summed E-state index contributed by atoms with van der Waals surface area (Å²) in [4.78, 5) is 15.2. The summed E-state index contributed by atoms with van der Waals surface area (Å²) < 4.78 is 27.1. The van der Waals surface area contributed by atoms with Crippen molar-refractivity contribution in [3.05, 3.63) is 59.1 Å². The minimum atomic E-state index is -2.71. The van der Waals surface area contributed by atoms with Gasteiger partial charge in [-0.2, -0.15) is 5.10 Å². The van der Waals surface area contributed by atoms with Crippen molar-refractivity contribution in [2.24, 2.45) is 0 Å². The van der Waals surface area contributed by atoms with E-state index in [9.17, 15) is 13.6 Å². The van der Waals surface area contributed by atoms with Crippen LogP contribution in [0.2, 0.25) is 0 Å². The highest BCUT2D eigenvalue weighted by molar-refractivity contribution is 7.13. The zero-order valence-electron chi connectivity index (χ0n) is 14.4. The molecule has 1 saturated heterocycles. The van der Waals surface area contributed by atoms with Crippen molar-refractivity contribution >= 4 is 22.9 Å². The smallest absolute Gasteiger partial charge is 0.266 e. The number of H-pyrrole nitrogens is 1. The lowest BCUT2D eigenvalue weighted by Crippen LogP contribution is -2.29. The molecular weight excluding hydrogens is 370 g/mol. The summed E-state index contributed by atoms with van der Waals surface area (Å²) in [6.07, 6.45) is -0.192. The molecule has 1 aromatic carbocycles. The van der Waals surface area contributed by atoms with Gasteiger partial charge in [0.1, 0.15) is 5.69 Å². The van der Waals surface area contributed by atoms with Crippen LogP contribution in [0, 0.1) is 0 Å². The van der Waals surface area contributed by atoms with Gasteiger partial charge in [0.15, 0.2) is 0 Å². The molecule has 1 aliphatic heterocycles. The van der Waals surface area contributed by atoms with Crippen molar-refractivity contribution in [3.8, 4) is 10.6 Å². The lowest BCUT2D eigenvalue weighted by Gasteiger charge is -2.21. The van der Waals surface area contributed by atoms with Gasteiger partial charge in [-0.25, -0.2) is 8.78 Å². The predicted molar refractivity (Wildman–Crippen MR) is 101 cm³/mol. The SMILES string of the molecule is O=C(NCc1cc(-c2cccs2)n[nH]1)c1ccccc1N1CCC(F)(F)C1. The molecule has 27 heavy (non-hydrogen) atoms. The average Bonchev–Trinajstić information content (AvgIpc) is 3.40. The summed E-state index contributed by atoms with van der Waals surface area (Å²) in [5.41, 5.74) is 2.54. The van der Waals surface area contributed by atoms with Crippen molar-refractivity contribution < 1.29 is 13.6 Å². The molecular formula is C19H18F2N4OS. The molecule has 0 saturated carbocycles. The standard InChI is InChI=1S/C19H18F2N4OS/c20-19(21)7-8-25(12-19)16-5-2-1-4-14(16)18(26)22-11-13-10-15(24-23-13)17-6-3-9-27-17/h1-6,9-10H,7-8,11-12H2,(H,22,26)(H,23,24). The number of aromatic nitrogens is 2. The van der Waals surface area contributed by atoms with Gasteiger partial charge in [-0.05, 0) is 29.6 Å². The quantitative estimate of drug-likeness (QED) is 0.697. The molecule has 0 aliphatic carbocycles. The van der Waals surface area contributed by atoms with Gasteiger partial charge in [0, 0.05) is 18.7 Å². The van der Waals surface area contributed by atoms with Crippen molar-refractivity contribution in [1.82, 2.24) is 15.5 Å². The topological polar surface area (TPSA) is 61.0 Å². The minimum Gasteiger partial charge on any atom is -0.365 e. The van der Waals surface area contributed by atoms with Gasteiger partial charge in [-0.3, -0.25) is 9.89 Å². The fraction of sp³-hybridized carbons (Fsp3) is 0.263. The molecule has 1 amide bonds. The first-order valence-corrected chi connectivity index (χ1v) is 9.48. The van der Waals surface area contributed by atoms with Crippen molar-refractivity contribution in [1.29, 1.82) is 0 Å². The van der Waals surface area contributed by atoms with E-state index in [1.54, 1.807) is 40.5 Å². The molecule has 3 aromatic rings. The van der Waals surface area contributed by atoms with Gasteiger partial charge in [0.2, 0.25) is 0 Å². The fourth-order valence-electron chi connectivity index (χ4n) is 3.16. The molecule has 4 rings (SSSR count). The van der Waals surface area contributed by atoms with Crippen LogP contribution in [0.3, 0.4) is 0 Å². The first-order chi connectivity index (χ1) is 13.0. The molecule has 8 heteroatoms. The molecule has 0 atom stereocenters. The number of anilines is 1. The van der Waals surface area contributed by atoms with E-state index in [4.69, 9.17) is 0 Å². The van der Waals surface area contributed by atoms with E-state index in [-0.39, 0.29) is 32.0 Å². The highest BCUT2D eigenvalue weighted by Crippen LogP contribution is 2.32. The molecule has 1 fully saturated rings. The van der Waals surface area contributed by atoms with Gasteiger partial charge >= 0.3 is 0 Å². The van der Waals surface area contributed by atoms with E-state index >= 15 is 0 Å². The van der Waals surface area contributed by atoms with Crippen LogP contribution < -0.4 is 10.2 Å². The Bertz CT molecular complexity index is 939. The lowest BCUT2D eigenvalue weighted by atomic mass is 10.1. The first kappa shape index (κ1) is 17.7. The Hall–Kier alpha value is -2.74. The van der Waals surface area contributed by atoms with E-state index in [2.05, 4.69) is 15.5 Å². The number of carbonyl (C=O) groups excluding carboxylic acids is 1. The highest BCUT2D eigenvalue weighted by Gasteiger charge is 2.39. The normalized spacial score (nSPS) is 15.9. The van der Waals surface area contributed by atoms with E-state index in [1.165, 1.54) is 0 Å². The maximum Gasteiger partial charge on any atom is 0.266 e. The van der Waals surface area contributed by atoms with Gasteiger partial charge in [0.05, 0.1) is 29.2 Å². The second kappa shape index (κ2) is 7.11. The molecule has 0 spiro atoms. The number of alkyl halides is 2. The lowest BCUT2D eigenvalue weighted by molar-refractivity contribution is 0.0257. The number of aromatic amines is 1. The Balaban J connectivity index is 1.45. The van der Waals surface area contributed by atoms with Crippen LogP contribution in [0.25, 0.3) is 10.6 Å². The summed E-state index contributed by atoms with van der Waals surface area (Å²) in [5, 5.41) is 12.0. The number of halogens is 2. The van der Waals surface area contributed by atoms with E-state index in [0.717, 1.165) is 16.3 Å². The van der Waals surface area contributed by atoms with Gasteiger partial charge in [-0.1, -0.05) is 18.2 Å². The maximum absolute atomic E-state index is 13.5. The molecule has 0 bridgehead atoms. The zero-order valence-corrected chi connectivity index (χ0v) is 15.2. The van der Waals surface area contributed by atoms with Crippen LogP contribution in [0.1, 0.15) is 22.5 Å². The van der Waals surface area contributed by atoms with E-state index in [0.29, 0.717) is 11.3 Å². The second-order valence-corrected chi connectivity index (χ2v) is 7.43. The number of nitrogens with zero attached hydrogens (tertiary/aromatic N) is 2. The van der Waals surface area contributed by atoms with Gasteiger partial charge in [-0.15, -0.1) is 11.3 Å². The predicted octanol–water partition coefficient (Wildman–Crippen LogP) is 3.91. The molecule has 2 aromatic heterocycles. The number of nitrogens with one attached hydrogen (secondary N) is 2. The van der Waals surface area contributed by atoms with E-state index < -0.39 is 5.92 Å². The van der Waals surface area contributed by atoms with Crippen LogP contribution in [0.5, 0.6) is 0 Å². The highest BCUT2D eigenvalue weighted by atomic mass is 32.1. The molecule has 1 aliphatic rings. The fourth-order valence-corrected chi connectivity index (χ4v) is 3.84. The minimum absolute atomic E-state index is 0.192. The number of benzene rings is 1. The first-order valence-electron chi connectivity index (χ1n) is 8.60. The van der Waals surface area contributed by atoms with Crippen LogP contribution in [-0.2, 0) is 6.54 Å². The number of thiophene rings is 1. The van der Waals surface area contributed by atoms with Crippen molar-refractivity contribution in [3.63, 3.8) is 0 Å². The molecule has 0 radical (unpaired) electrons. The number of carbonyl (C=O) groups is 1. The van der Waals surface area contributed by atoms with Crippen molar-refractivity contribution in [2.45, 2.75) is 18.9 Å².